The fraction of sp³-hybridized carbons (Fsp3) is 0.556. The maximum Gasteiger partial charge on any atom is 0.203 e. The number of fused-ring (bicyclic) bond motifs is 3. The van der Waals surface area contributed by atoms with Gasteiger partial charge in [-0.2, -0.15) is 0 Å². The van der Waals surface area contributed by atoms with Gasteiger partial charge in [0.1, 0.15) is 0 Å². The van der Waals surface area contributed by atoms with Gasteiger partial charge in [-0.3, -0.25) is 0 Å². The van der Waals surface area contributed by atoms with Crippen LogP contribution in [-0.4, -0.2) is 27.4 Å². The molecule has 1 heterocycles. The minimum absolute atomic E-state index is 0.0882. The SMILES string of the molecule is CCC[C@H]1C[C@H]2C=Cc3c(cc(OC)c(OC)c3OC)[C@H]2O1. The molecule has 2 aliphatic rings. The largest absolute Gasteiger partial charge is 0.493 e. The maximum atomic E-state index is 6.30. The van der Waals surface area contributed by atoms with Crippen LogP contribution in [0.25, 0.3) is 6.08 Å². The highest BCUT2D eigenvalue weighted by molar-refractivity contribution is 5.72. The Bertz CT molecular complexity index is 579. The van der Waals surface area contributed by atoms with Gasteiger partial charge in [-0.05, 0) is 24.5 Å². The first-order valence-corrected chi connectivity index (χ1v) is 7.90. The standard InChI is InChI=1S/C18H24O4/c1-5-6-12-9-11-7-8-13-14(16(11)22-12)10-15(19-2)18(21-4)17(13)20-3/h7-8,10-12,16H,5-6,9H2,1-4H3/t11-,12+,16+/m1/s1. The molecule has 0 amide bonds. The quantitative estimate of drug-likeness (QED) is 0.824. The molecule has 0 aromatic heterocycles. The van der Waals surface area contributed by atoms with E-state index in [0.717, 1.165) is 30.4 Å². The normalized spacial score (nSPS) is 25.5. The first-order chi connectivity index (χ1) is 10.7. The molecular formula is C18H24O4. The molecular weight excluding hydrogens is 280 g/mol. The summed E-state index contributed by atoms with van der Waals surface area (Å²) in [4.78, 5) is 0. The van der Waals surface area contributed by atoms with E-state index in [4.69, 9.17) is 18.9 Å². The zero-order valence-corrected chi connectivity index (χ0v) is 13.7. The van der Waals surface area contributed by atoms with E-state index in [-0.39, 0.29) is 6.10 Å². The predicted octanol–water partition coefficient (Wildman–Crippen LogP) is 3.99. The number of hydrogen-bond donors (Lipinski definition) is 0. The highest BCUT2D eigenvalue weighted by atomic mass is 16.5. The average molecular weight is 304 g/mol. The van der Waals surface area contributed by atoms with Crippen molar-refractivity contribution < 1.29 is 18.9 Å². The summed E-state index contributed by atoms with van der Waals surface area (Å²) in [6, 6.07) is 2.03. The molecule has 1 fully saturated rings. The van der Waals surface area contributed by atoms with Crippen molar-refractivity contribution in [2.45, 2.75) is 38.4 Å². The van der Waals surface area contributed by atoms with Gasteiger partial charge in [-0.25, -0.2) is 0 Å². The molecule has 120 valence electrons. The molecule has 0 spiro atoms. The molecule has 4 heteroatoms. The van der Waals surface area contributed by atoms with Gasteiger partial charge in [0.2, 0.25) is 5.75 Å². The van der Waals surface area contributed by atoms with Crippen molar-refractivity contribution in [1.82, 2.24) is 0 Å². The molecule has 1 aliphatic heterocycles. The maximum absolute atomic E-state index is 6.30. The van der Waals surface area contributed by atoms with Crippen molar-refractivity contribution in [3.63, 3.8) is 0 Å². The number of ether oxygens (including phenoxy) is 4. The number of rotatable bonds is 5. The van der Waals surface area contributed by atoms with Gasteiger partial charge >= 0.3 is 0 Å². The minimum Gasteiger partial charge on any atom is -0.493 e. The van der Waals surface area contributed by atoms with E-state index in [2.05, 4.69) is 19.1 Å². The van der Waals surface area contributed by atoms with Crippen LogP contribution in [0.3, 0.4) is 0 Å². The Balaban J connectivity index is 2.05. The molecule has 1 aromatic rings. The Morgan fingerprint density at radius 3 is 2.55 bits per heavy atom. The van der Waals surface area contributed by atoms with Gasteiger partial charge in [0, 0.05) is 11.5 Å². The van der Waals surface area contributed by atoms with Crippen molar-refractivity contribution in [2.24, 2.45) is 5.92 Å². The summed E-state index contributed by atoms with van der Waals surface area (Å²) >= 11 is 0. The van der Waals surface area contributed by atoms with E-state index < -0.39 is 0 Å². The van der Waals surface area contributed by atoms with E-state index in [1.807, 2.05) is 6.07 Å². The van der Waals surface area contributed by atoms with Crippen LogP contribution in [0, 0.1) is 5.92 Å². The molecule has 22 heavy (non-hydrogen) atoms. The van der Waals surface area contributed by atoms with Gasteiger partial charge in [-0.15, -0.1) is 0 Å². The third-order valence-electron chi connectivity index (χ3n) is 4.59. The number of methoxy groups -OCH3 is 3. The van der Waals surface area contributed by atoms with Crippen LogP contribution in [0.1, 0.15) is 43.4 Å². The zero-order chi connectivity index (χ0) is 15.7. The van der Waals surface area contributed by atoms with Crippen LogP contribution in [-0.2, 0) is 4.74 Å². The second-order valence-corrected chi connectivity index (χ2v) is 5.87. The first-order valence-electron chi connectivity index (χ1n) is 7.90. The van der Waals surface area contributed by atoms with E-state index in [1.54, 1.807) is 21.3 Å². The smallest absolute Gasteiger partial charge is 0.203 e. The zero-order valence-electron chi connectivity index (χ0n) is 13.7. The predicted molar refractivity (Wildman–Crippen MR) is 85.8 cm³/mol. The Hall–Kier alpha value is -1.68. The van der Waals surface area contributed by atoms with Crippen molar-refractivity contribution in [2.75, 3.05) is 21.3 Å². The topological polar surface area (TPSA) is 36.9 Å². The van der Waals surface area contributed by atoms with Crippen molar-refractivity contribution >= 4 is 6.08 Å². The third-order valence-corrected chi connectivity index (χ3v) is 4.59. The molecule has 0 radical (unpaired) electrons. The lowest BCUT2D eigenvalue weighted by Gasteiger charge is -2.26. The lowest BCUT2D eigenvalue weighted by Crippen LogP contribution is -2.13. The van der Waals surface area contributed by atoms with E-state index >= 15 is 0 Å². The molecule has 0 bridgehead atoms. The van der Waals surface area contributed by atoms with Crippen LogP contribution >= 0.6 is 0 Å². The molecule has 1 aromatic carbocycles. The third kappa shape index (κ3) is 2.35. The van der Waals surface area contributed by atoms with Gasteiger partial charge in [-0.1, -0.05) is 25.5 Å². The summed E-state index contributed by atoms with van der Waals surface area (Å²) in [6.07, 6.45) is 8.16. The second kappa shape index (κ2) is 6.21. The summed E-state index contributed by atoms with van der Waals surface area (Å²) < 4.78 is 22.8. The summed E-state index contributed by atoms with van der Waals surface area (Å²) in [5.41, 5.74) is 2.18. The van der Waals surface area contributed by atoms with Crippen LogP contribution in [0.4, 0.5) is 0 Å². The average Bonchev–Trinajstić information content (AvgIpc) is 2.95. The summed E-state index contributed by atoms with van der Waals surface area (Å²) in [5.74, 6) is 2.48. The highest BCUT2D eigenvalue weighted by Gasteiger charge is 2.39. The molecule has 3 rings (SSSR count). The lowest BCUT2D eigenvalue weighted by atomic mass is 9.85. The fourth-order valence-corrected chi connectivity index (χ4v) is 3.61. The Morgan fingerprint density at radius 2 is 1.91 bits per heavy atom. The molecule has 1 aliphatic carbocycles. The van der Waals surface area contributed by atoms with E-state index in [9.17, 15) is 0 Å². The van der Waals surface area contributed by atoms with Crippen LogP contribution in [0.2, 0.25) is 0 Å². The first kappa shape index (κ1) is 15.2. The molecule has 3 atom stereocenters. The lowest BCUT2D eigenvalue weighted by molar-refractivity contribution is 0.0326. The second-order valence-electron chi connectivity index (χ2n) is 5.87. The van der Waals surface area contributed by atoms with E-state index in [0.29, 0.717) is 29.3 Å². The molecule has 1 saturated heterocycles. The van der Waals surface area contributed by atoms with Crippen LogP contribution < -0.4 is 14.2 Å². The molecule has 4 nitrogen and oxygen atoms in total. The Kier molecular flexibility index (Phi) is 4.30. The van der Waals surface area contributed by atoms with Crippen molar-refractivity contribution in [1.29, 1.82) is 0 Å². The van der Waals surface area contributed by atoms with Gasteiger partial charge in [0.25, 0.3) is 0 Å². The summed E-state index contributed by atoms with van der Waals surface area (Å²) in [5, 5.41) is 0. The van der Waals surface area contributed by atoms with Crippen molar-refractivity contribution in [3.8, 4) is 17.2 Å². The van der Waals surface area contributed by atoms with Crippen LogP contribution in [0.15, 0.2) is 12.1 Å². The van der Waals surface area contributed by atoms with Crippen molar-refractivity contribution in [3.05, 3.63) is 23.3 Å². The van der Waals surface area contributed by atoms with Gasteiger partial charge < -0.3 is 18.9 Å². The summed E-state index contributed by atoms with van der Waals surface area (Å²) in [6.45, 7) is 2.20. The molecule has 0 unspecified atom stereocenters. The molecule has 0 N–H and O–H groups in total. The number of benzene rings is 1. The molecule has 0 saturated carbocycles. The number of hydrogen-bond acceptors (Lipinski definition) is 4. The monoisotopic (exact) mass is 304 g/mol. The summed E-state index contributed by atoms with van der Waals surface area (Å²) in [7, 11) is 4.94. The Labute approximate surface area is 132 Å². The van der Waals surface area contributed by atoms with Gasteiger partial charge in [0.05, 0.1) is 33.5 Å². The van der Waals surface area contributed by atoms with E-state index in [1.165, 1.54) is 0 Å². The highest BCUT2D eigenvalue weighted by Crippen LogP contribution is 2.51. The minimum atomic E-state index is 0.0882. The van der Waals surface area contributed by atoms with Crippen LogP contribution in [0.5, 0.6) is 17.2 Å². The Morgan fingerprint density at radius 1 is 1.14 bits per heavy atom. The van der Waals surface area contributed by atoms with Gasteiger partial charge in [0.15, 0.2) is 11.5 Å². The fourth-order valence-electron chi connectivity index (χ4n) is 3.61.